The van der Waals surface area contributed by atoms with Crippen molar-refractivity contribution in [2.75, 3.05) is 32.8 Å². The van der Waals surface area contributed by atoms with Crippen molar-refractivity contribution in [2.45, 2.75) is 26.4 Å². The third-order valence-corrected chi connectivity index (χ3v) is 2.13. The largest absolute Gasteiger partial charge is 0.444 e. The van der Waals surface area contributed by atoms with Gasteiger partial charge in [-0.15, -0.1) is 0 Å². The van der Waals surface area contributed by atoms with E-state index in [2.05, 4.69) is 10.6 Å². The first kappa shape index (κ1) is 13.3. The highest BCUT2D eigenvalue weighted by molar-refractivity contribution is 5.67. The number of hydrogen-bond donors (Lipinski definition) is 2. The first-order chi connectivity index (χ1) is 7.47. The van der Waals surface area contributed by atoms with Crippen LogP contribution in [-0.2, 0) is 9.47 Å². The molecule has 5 nitrogen and oxygen atoms in total. The van der Waals surface area contributed by atoms with Crippen molar-refractivity contribution in [1.82, 2.24) is 10.6 Å². The first-order valence-corrected chi connectivity index (χ1v) is 5.73. The Bertz CT molecular complexity index is 222. The molecule has 0 aromatic heterocycles. The van der Waals surface area contributed by atoms with Gasteiger partial charge in [-0.1, -0.05) is 0 Å². The molecule has 0 spiro atoms. The monoisotopic (exact) mass is 230 g/mol. The van der Waals surface area contributed by atoms with Gasteiger partial charge in [0, 0.05) is 25.6 Å². The molecule has 94 valence electrons. The Balaban J connectivity index is 1.91. The summed E-state index contributed by atoms with van der Waals surface area (Å²) >= 11 is 0. The Morgan fingerprint density at radius 2 is 2.12 bits per heavy atom. The second-order valence-corrected chi connectivity index (χ2v) is 5.03. The minimum atomic E-state index is -0.442. The van der Waals surface area contributed by atoms with Crippen molar-refractivity contribution < 1.29 is 14.3 Å². The van der Waals surface area contributed by atoms with Gasteiger partial charge in [0.1, 0.15) is 5.60 Å². The van der Waals surface area contributed by atoms with Crippen LogP contribution in [0.3, 0.4) is 0 Å². The van der Waals surface area contributed by atoms with Crippen molar-refractivity contribution in [1.29, 1.82) is 0 Å². The number of carbonyl (C=O) groups is 1. The second-order valence-electron chi connectivity index (χ2n) is 5.03. The van der Waals surface area contributed by atoms with Crippen LogP contribution in [0.4, 0.5) is 4.79 Å². The van der Waals surface area contributed by atoms with E-state index in [4.69, 9.17) is 9.47 Å². The molecule has 1 saturated heterocycles. The normalized spacial score (nSPS) is 16.7. The maximum absolute atomic E-state index is 11.2. The maximum Gasteiger partial charge on any atom is 0.407 e. The van der Waals surface area contributed by atoms with Gasteiger partial charge in [0.25, 0.3) is 0 Å². The first-order valence-electron chi connectivity index (χ1n) is 5.73. The lowest BCUT2D eigenvalue weighted by Gasteiger charge is -2.26. The highest BCUT2D eigenvalue weighted by Crippen LogP contribution is 2.06. The van der Waals surface area contributed by atoms with Gasteiger partial charge in [0.05, 0.1) is 13.2 Å². The molecule has 1 aliphatic rings. The molecule has 5 heteroatoms. The van der Waals surface area contributed by atoms with Gasteiger partial charge < -0.3 is 20.1 Å². The summed E-state index contributed by atoms with van der Waals surface area (Å²) in [6.45, 7) is 9.40. The minimum Gasteiger partial charge on any atom is -0.444 e. The van der Waals surface area contributed by atoms with E-state index in [9.17, 15) is 4.79 Å². The van der Waals surface area contributed by atoms with Gasteiger partial charge in [-0.3, -0.25) is 0 Å². The molecule has 0 unspecified atom stereocenters. The van der Waals surface area contributed by atoms with Crippen molar-refractivity contribution in [3.8, 4) is 0 Å². The van der Waals surface area contributed by atoms with Crippen LogP contribution in [-0.4, -0.2) is 44.5 Å². The summed E-state index contributed by atoms with van der Waals surface area (Å²) in [5, 5.41) is 5.82. The van der Waals surface area contributed by atoms with Crippen LogP contribution in [0.5, 0.6) is 0 Å². The average molecular weight is 230 g/mol. The zero-order chi connectivity index (χ0) is 12.0. The van der Waals surface area contributed by atoms with E-state index in [0.717, 1.165) is 19.7 Å². The lowest BCUT2D eigenvalue weighted by Crippen LogP contribution is -2.44. The van der Waals surface area contributed by atoms with E-state index < -0.39 is 5.60 Å². The number of rotatable bonds is 5. The lowest BCUT2D eigenvalue weighted by atomic mass is 10.1. The highest BCUT2D eigenvalue weighted by Gasteiger charge is 2.17. The predicted molar refractivity (Wildman–Crippen MR) is 61.4 cm³/mol. The third-order valence-electron chi connectivity index (χ3n) is 2.13. The molecule has 0 radical (unpaired) electrons. The molecule has 0 aromatic rings. The molecule has 0 saturated carbocycles. The zero-order valence-corrected chi connectivity index (χ0v) is 10.3. The summed E-state index contributed by atoms with van der Waals surface area (Å²) in [4.78, 5) is 11.2. The molecule has 1 fully saturated rings. The number of alkyl carbamates (subject to hydrolysis) is 1. The maximum atomic E-state index is 11.2. The molecule has 1 aliphatic heterocycles. The van der Waals surface area contributed by atoms with Crippen molar-refractivity contribution in [2.24, 2.45) is 5.92 Å². The van der Waals surface area contributed by atoms with Gasteiger partial charge in [-0.2, -0.15) is 0 Å². The van der Waals surface area contributed by atoms with Crippen molar-refractivity contribution in [3.63, 3.8) is 0 Å². The number of hydrogen-bond acceptors (Lipinski definition) is 4. The van der Waals surface area contributed by atoms with Crippen LogP contribution >= 0.6 is 0 Å². The van der Waals surface area contributed by atoms with E-state index in [1.54, 1.807) is 0 Å². The Kier molecular flexibility index (Phi) is 5.02. The summed E-state index contributed by atoms with van der Waals surface area (Å²) in [5.74, 6) is 0.640. The molecule has 0 aromatic carbocycles. The molecule has 1 rings (SSSR count). The smallest absolute Gasteiger partial charge is 0.407 e. The Hall–Kier alpha value is -0.810. The highest BCUT2D eigenvalue weighted by atomic mass is 16.6. The van der Waals surface area contributed by atoms with E-state index in [1.165, 1.54) is 0 Å². The van der Waals surface area contributed by atoms with Gasteiger partial charge in [-0.25, -0.2) is 4.79 Å². The molecular formula is C11H22N2O3. The quantitative estimate of drug-likeness (QED) is 0.684. The molecular weight excluding hydrogens is 208 g/mol. The summed E-state index contributed by atoms with van der Waals surface area (Å²) in [6.07, 6.45) is -0.388. The zero-order valence-electron chi connectivity index (χ0n) is 10.3. The molecule has 0 aliphatic carbocycles. The molecule has 2 N–H and O–H groups in total. The molecule has 0 atom stereocenters. The van der Waals surface area contributed by atoms with Gasteiger partial charge in [0.2, 0.25) is 0 Å². The van der Waals surface area contributed by atoms with Crippen LogP contribution in [0.1, 0.15) is 20.8 Å². The lowest BCUT2D eigenvalue weighted by molar-refractivity contribution is 0.0469. The number of ether oxygens (including phenoxy) is 2. The summed E-state index contributed by atoms with van der Waals surface area (Å²) < 4.78 is 10.5. The van der Waals surface area contributed by atoms with E-state index >= 15 is 0 Å². The summed E-state index contributed by atoms with van der Waals surface area (Å²) in [5.41, 5.74) is -0.442. The van der Waals surface area contributed by atoms with Crippen LogP contribution in [0.2, 0.25) is 0 Å². The standard InChI is InChI=1S/C11H22N2O3/c1-11(2,3)16-10(14)13-4-5-15-8-9-6-12-7-9/h9,12H,4-8H2,1-3H3,(H,13,14). The molecule has 1 heterocycles. The fourth-order valence-corrected chi connectivity index (χ4v) is 1.26. The number of nitrogens with one attached hydrogen (secondary N) is 2. The predicted octanol–water partition coefficient (Wildman–Crippen LogP) is 0.747. The minimum absolute atomic E-state index is 0.388. The number of amides is 1. The van der Waals surface area contributed by atoms with Gasteiger partial charge in [-0.05, 0) is 20.8 Å². The molecule has 16 heavy (non-hydrogen) atoms. The third kappa shape index (κ3) is 5.92. The van der Waals surface area contributed by atoms with Crippen LogP contribution in [0.15, 0.2) is 0 Å². The fraction of sp³-hybridized carbons (Fsp3) is 0.909. The van der Waals surface area contributed by atoms with Crippen LogP contribution in [0.25, 0.3) is 0 Å². The molecule has 0 bridgehead atoms. The summed E-state index contributed by atoms with van der Waals surface area (Å²) in [7, 11) is 0. The van der Waals surface area contributed by atoms with Crippen LogP contribution in [0, 0.1) is 5.92 Å². The average Bonchev–Trinajstić information content (AvgIpc) is 2.04. The number of carbonyl (C=O) groups excluding carboxylic acids is 1. The van der Waals surface area contributed by atoms with E-state index in [0.29, 0.717) is 19.1 Å². The SMILES string of the molecule is CC(C)(C)OC(=O)NCCOCC1CNC1. The Morgan fingerprint density at radius 3 is 2.62 bits per heavy atom. The van der Waals surface area contributed by atoms with Crippen LogP contribution < -0.4 is 10.6 Å². The van der Waals surface area contributed by atoms with E-state index in [1.807, 2.05) is 20.8 Å². The van der Waals surface area contributed by atoms with Gasteiger partial charge >= 0.3 is 6.09 Å². The van der Waals surface area contributed by atoms with Crippen molar-refractivity contribution in [3.05, 3.63) is 0 Å². The van der Waals surface area contributed by atoms with Gasteiger partial charge in [0.15, 0.2) is 0 Å². The fourth-order valence-electron chi connectivity index (χ4n) is 1.26. The second kappa shape index (κ2) is 6.06. The Morgan fingerprint density at radius 1 is 1.44 bits per heavy atom. The Labute approximate surface area is 96.9 Å². The van der Waals surface area contributed by atoms with Crippen molar-refractivity contribution >= 4 is 6.09 Å². The molecule has 1 amide bonds. The summed E-state index contributed by atoms with van der Waals surface area (Å²) in [6, 6.07) is 0. The topological polar surface area (TPSA) is 59.6 Å². The van der Waals surface area contributed by atoms with E-state index in [-0.39, 0.29) is 6.09 Å².